The molecule has 0 aliphatic rings. The van der Waals surface area contributed by atoms with Gasteiger partial charge in [0.1, 0.15) is 17.7 Å². The summed E-state index contributed by atoms with van der Waals surface area (Å²) in [4.78, 5) is 18.9. The molecule has 0 amide bonds. The molecule has 0 N–H and O–H groups in total. The van der Waals surface area contributed by atoms with Crippen LogP contribution in [0.3, 0.4) is 0 Å². The summed E-state index contributed by atoms with van der Waals surface area (Å²) < 4.78 is 2.09. The van der Waals surface area contributed by atoms with E-state index in [1.54, 1.807) is 6.33 Å². The molecule has 0 unspecified atom stereocenters. The minimum atomic E-state index is 0.756. The minimum Gasteiger partial charge on any atom is -0.274 e. The Bertz CT molecular complexity index is 1500. The molecule has 0 spiro atoms. The van der Waals surface area contributed by atoms with Crippen LogP contribution >= 0.6 is 0 Å². The second kappa shape index (κ2) is 6.21. The lowest BCUT2D eigenvalue weighted by Crippen LogP contribution is -2.00. The molecule has 3 aromatic heterocycles. The van der Waals surface area contributed by atoms with Crippen molar-refractivity contribution in [1.29, 1.82) is 0 Å². The zero-order valence-electron chi connectivity index (χ0n) is 15.4. The summed E-state index contributed by atoms with van der Waals surface area (Å²) in [5.74, 6) is 0.756. The Morgan fingerprint density at radius 2 is 1.34 bits per heavy atom. The van der Waals surface area contributed by atoms with Gasteiger partial charge in [0.25, 0.3) is 0 Å². The van der Waals surface area contributed by atoms with E-state index in [0.29, 0.717) is 0 Å². The second-order valence-corrected chi connectivity index (χ2v) is 6.87. The minimum absolute atomic E-state index is 0.756. The van der Waals surface area contributed by atoms with Crippen LogP contribution in [-0.4, -0.2) is 24.3 Å². The van der Waals surface area contributed by atoms with Gasteiger partial charge in [0, 0.05) is 10.9 Å². The van der Waals surface area contributed by atoms with Crippen molar-refractivity contribution in [1.82, 2.24) is 24.3 Å². The van der Waals surface area contributed by atoms with Crippen LogP contribution in [-0.2, 0) is 0 Å². The molecule has 136 valence electrons. The molecule has 6 rings (SSSR count). The number of rotatable bonds is 2. The van der Waals surface area contributed by atoms with E-state index in [-0.39, 0.29) is 0 Å². The van der Waals surface area contributed by atoms with Gasteiger partial charge in [-0.15, -0.1) is 0 Å². The van der Waals surface area contributed by atoms with Crippen LogP contribution in [0, 0.1) is 0 Å². The molecule has 0 radical (unpaired) electrons. The van der Waals surface area contributed by atoms with E-state index in [0.717, 1.165) is 50.4 Å². The number of aromatic nitrogens is 5. The molecule has 29 heavy (non-hydrogen) atoms. The van der Waals surface area contributed by atoms with Gasteiger partial charge in [-0.2, -0.15) is 0 Å². The van der Waals surface area contributed by atoms with Crippen LogP contribution in [0.2, 0.25) is 0 Å². The number of imidazole rings is 1. The van der Waals surface area contributed by atoms with Crippen molar-refractivity contribution in [3.05, 3.63) is 91.3 Å². The van der Waals surface area contributed by atoms with Crippen molar-refractivity contribution < 1.29 is 0 Å². The molecular weight excluding hydrogens is 358 g/mol. The fourth-order valence-electron chi connectivity index (χ4n) is 3.76. The Morgan fingerprint density at radius 1 is 0.621 bits per heavy atom. The van der Waals surface area contributed by atoms with E-state index in [2.05, 4.69) is 26.5 Å². The van der Waals surface area contributed by atoms with E-state index in [1.807, 2.05) is 72.8 Å². The lowest BCUT2D eigenvalue weighted by Gasteiger charge is -2.09. The SMILES string of the molecule is c1ccc(-c2cc(-c3nc4ccccc4c4nc5ccccc5n34)ncn2)cc1. The maximum absolute atomic E-state index is 4.96. The fourth-order valence-corrected chi connectivity index (χ4v) is 3.76. The van der Waals surface area contributed by atoms with Gasteiger partial charge < -0.3 is 0 Å². The van der Waals surface area contributed by atoms with Gasteiger partial charge in [-0.1, -0.05) is 54.6 Å². The first-order valence-corrected chi connectivity index (χ1v) is 9.42. The Labute approximate surface area is 166 Å². The highest BCUT2D eigenvalue weighted by molar-refractivity contribution is 5.98. The number of hydrogen-bond acceptors (Lipinski definition) is 4. The third kappa shape index (κ3) is 2.48. The highest BCUT2D eigenvalue weighted by Gasteiger charge is 2.16. The normalized spacial score (nSPS) is 11.4. The Hall–Kier alpha value is -4.12. The maximum Gasteiger partial charge on any atom is 0.165 e. The van der Waals surface area contributed by atoms with E-state index in [1.165, 1.54) is 0 Å². The van der Waals surface area contributed by atoms with Gasteiger partial charge in [-0.3, -0.25) is 4.40 Å². The molecule has 6 aromatic rings. The molecule has 0 saturated carbocycles. The zero-order chi connectivity index (χ0) is 19.2. The van der Waals surface area contributed by atoms with E-state index in [4.69, 9.17) is 9.97 Å². The molecule has 0 saturated heterocycles. The maximum atomic E-state index is 4.96. The quantitative estimate of drug-likeness (QED) is 0.421. The predicted octanol–water partition coefficient (Wildman–Crippen LogP) is 5.16. The highest BCUT2D eigenvalue weighted by Crippen LogP contribution is 2.29. The van der Waals surface area contributed by atoms with Gasteiger partial charge in [0.05, 0.1) is 22.2 Å². The van der Waals surface area contributed by atoms with Gasteiger partial charge in [-0.05, 0) is 30.3 Å². The summed E-state index contributed by atoms with van der Waals surface area (Å²) in [6.45, 7) is 0. The van der Waals surface area contributed by atoms with E-state index >= 15 is 0 Å². The van der Waals surface area contributed by atoms with Crippen molar-refractivity contribution in [2.24, 2.45) is 0 Å². The zero-order valence-corrected chi connectivity index (χ0v) is 15.4. The smallest absolute Gasteiger partial charge is 0.165 e. The summed E-state index contributed by atoms with van der Waals surface area (Å²) in [7, 11) is 0. The van der Waals surface area contributed by atoms with Crippen LogP contribution in [0.5, 0.6) is 0 Å². The summed E-state index contributed by atoms with van der Waals surface area (Å²) in [5, 5.41) is 1.02. The molecule has 0 aliphatic carbocycles. The Morgan fingerprint density at radius 3 is 2.24 bits per heavy atom. The number of nitrogens with zero attached hydrogens (tertiary/aromatic N) is 5. The first kappa shape index (κ1) is 15.9. The van der Waals surface area contributed by atoms with Crippen LogP contribution < -0.4 is 0 Å². The molecule has 0 atom stereocenters. The highest BCUT2D eigenvalue weighted by atomic mass is 15.1. The van der Waals surface area contributed by atoms with Crippen LogP contribution in [0.25, 0.3) is 50.4 Å². The van der Waals surface area contributed by atoms with Crippen LogP contribution in [0.1, 0.15) is 0 Å². The van der Waals surface area contributed by atoms with Crippen LogP contribution in [0.15, 0.2) is 91.3 Å². The fraction of sp³-hybridized carbons (Fsp3) is 0. The largest absolute Gasteiger partial charge is 0.274 e. The molecule has 0 bridgehead atoms. The van der Waals surface area contributed by atoms with E-state index in [9.17, 15) is 0 Å². The third-order valence-electron chi connectivity index (χ3n) is 5.11. The van der Waals surface area contributed by atoms with Crippen LogP contribution in [0.4, 0.5) is 0 Å². The first-order chi connectivity index (χ1) is 14.4. The molecular formula is C24H15N5. The van der Waals surface area contributed by atoms with Crippen molar-refractivity contribution >= 4 is 27.6 Å². The standard InChI is InChI=1S/C24H15N5/c1-2-8-16(9-3-1)20-14-21(26-15-25-20)24-27-18-11-5-4-10-17(18)23-28-19-12-6-7-13-22(19)29(23)24/h1-15H. The topological polar surface area (TPSA) is 56.0 Å². The molecule has 3 heterocycles. The summed E-state index contributed by atoms with van der Waals surface area (Å²) in [6, 6.07) is 28.3. The lowest BCUT2D eigenvalue weighted by molar-refractivity contribution is 1.10. The Balaban J connectivity index is 1.71. The summed E-state index contributed by atoms with van der Waals surface area (Å²) in [6.07, 6.45) is 1.60. The number of para-hydroxylation sites is 3. The van der Waals surface area contributed by atoms with Gasteiger partial charge in [0.15, 0.2) is 5.82 Å². The summed E-state index contributed by atoms with van der Waals surface area (Å²) in [5.41, 5.74) is 6.39. The van der Waals surface area contributed by atoms with Crippen molar-refractivity contribution in [2.45, 2.75) is 0 Å². The third-order valence-corrected chi connectivity index (χ3v) is 5.11. The summed E-state index contributed by atoms with van der Waals surface area (Å²) >= 11 is 0. The van der Waals surface area contributed by atoms with Crippen molar-refractivity contribution in [3.63, 3.8) is 0 Å². The monoisotopic (exact) mass is 373 g/mol. The van der Waals surface area contributed by atoms with E-state index < -0.39 is 0 Å². The Kier molecular flexibility index (Phi) is 3.40. The lowest BCUT2D eigenvalue weighted by atomic mass is 10.1. The van der Waals surface area contributed by atoms with Gasteiger partial charge in [-0.25, -0.2) is 19.9 Å². The number of hydrogen-bond donors (Lipinski definition) is 0. The first-order valence-electron chi connectivity index (χ1n) is 9.42. The number of benzene rings is 3. The molecule has 0 aliphatic heterocycles. The molecule has 3 aromatic carbocycles. The van der Waals surface area contributed by atoms with Crippen molar-refractivity contribution in [2.75, 3.05) is 0 Å². The average molecular weight is 373 g/mol. The average Bonchev–Trinajstić information content (AvgIpc) is 3.19. The molecule has 5 nitrogen and oxygen atoms in total. The van der Waals surface area contributed by atoms with Gasteiger partial charge in [0.2, 0.25) is 0 Å². The molecule has 5 heteroatoms. The second-order valence-electron chi connectivity index (χ2n) is 6.87. The molecule has 0 fully saturated rings. The predicted molar refractivity (Wildman–Crippen MR) is 114 cm³/mol. The number of fused-ring (bicyclic) bond motifs is 5. The van der Waals surface area contributed by atoms with Gasteiger partial charge >= 0.3 is 0 Å². The van der Waals surface area contributed by atoms with Crippen molar-refractivity contribution in [3.8, 4) is 22.8 Å².